The first-order valence-electron chi connectivity index (χ1n) is 5.14. The maximum atomic E-state index is 13.2. The van der Waals surface area contributed by atoms with Crippen LogP contribution in [0.3, 0.4) is 0 Å². The summed E-state index contributed by atoms with van der Waals surface area (Å²) in [6.07, 6.45) is 2.17. The second-order valence-electron chi connectivity index (χ2n) is 3.70. The molecule has 0 atom stereocenters. The van der Waals surface area contributed by atoms with Gasteiger partial charge in [0.15, 0.2) is 5.78 Å². The van der Waals surface area contributed by atoms with Crippen molar-refractivity contribution in [3.63, 3.8) is 0 Å². The van der Waals surface area contributed by atoms with Gasteiger partial charge in [-0.1, -0.05) is 23.7 Å². The molecule has 0 N–H and O–H groups in total. The van der Waals surface area contributed by atoms with Crippen molar-refractivity contribution in [1.29, 1.82) is 0 Å². The van der Waals surface area contributed by atoms with Gasteiger partial charge in [-0.15, -0.1) is 0 Å². The van der Waals surface area contributed by atoms with Crippen molar-refractivity contribution in [2.24, 2.45) is 0 Å². The molecule has 0 fully saturated rings. The molecule has 1 aromatic heterocycles. The zero-order valence-electron chi connectivity index (χ0n) is 9.16. The van der Waals surface area contributed by atoms with Crippen LogP contribution in [0, 0.1) is 11.6 Å². The van der Waals surface area contributed by atoms with Crippen LogP contribution in [0.15, 0.2) is 36.7 Å². The quantitative estimate of drug-likeness (QED) is 0.798. The first-order valence-corrected chi connectivity index (χ1v) is 5.52. The van der Waals surface area contributed by atoms with Crippen molar-refractivity contribution in [3.8, 4) is 0 Å². The molecule has 0 radical (unpaired) electrons. The van der Waals surface area contributed by atoms with Gasteiger partial charge in [-0.25, -0.2) is 8.78 Å². The summed E-state index contributed by atoms with van der Waals surface area (Å²) in [5, 5.41) is -0.0878. The van der Waals surface area contributed by atoms with Crippen LogP contribution in [-0.4, -0.2) is 10.8 Å². The summed E-state index contributed by atoms with van der Waals surface area (Å²) in [4.78, 5) is 15.4. The first-order chi connectivity index (χ1) is 8.58. The molecule has 0 unspecified atom stereocenters. The lowest BCUT2D eigenvalue weighted by Crippen LogP contribution is -2.05. The molecule has 0 aliphatic heterocycles. The maximum absolute atomic E-state index is 13.2. The van der Waals surface area contributed by atoms with Gasteiger partial charge in [0, 0.05) is 18.2 Å². The lowest BCUT2D eigenvalue weighted by atomic mass is 10.0. The Labute approximate surface area is 107 Å². The predicted octanol–water partition coefficient (Wildman–Crippen LogP) is 3.44. The summed E-state index contributed by atoms with van der Waals surface area (Å²) < 4.78 is 26.1. The minimum absolute atomic E-state index is 0.0878. The van der Waals surface area contributed by atoms with Gasteiger partial charge in [0.25, 0.3) is 0 Å². The van der Waals surface area contributed by atoms with E-state index < -0.39 is 11.6 Å². The molecule has 2 aromatic rings. The third-order valence-corrected chi connectivity index (χ3v) is 2.83. The van der Waals surface area contributed by atoms with Gasteiger partial charge in [0.1, 0.15) is 11.6 Å². The van der Waals surface area contributed by atoms with Gasteiger partial charge in [-0.3, -0.25) is 9.78 Å². The SMILES string of the molecule is O=C(Cc1cccc(F)c1Cl)c1cncc(F)c1. The highest BCUT2D eigenvalue weighted by molar-refractivity contribution is 6.31. The van der Waals surface area contributed by atoms with Gasteiger partial charge in [0.2, 0.25) is 0 Å². The number of aromatic nitrogens is 1. The fraction of sp³-hybridized carbons (Fsp3) is 0.0769. The molecule has 0 bridgehead atoms. The van der Waals surface area contributed by atoms with E-state index in [2.05, 4.69) is 4.98 Å². The number of carbonyl (C=O) groups is 1. The molecule has 18 heavy (non-hydrogen) atoms. The molecular weight excluding hydrogens is 260 g/mol. The monoisotopic (exact) mass is 267 g/mol. The normalized spacial score (nSPS) is 10.4. The number of Topliss-reactive ketones (excluding diaryl/α,β-unsaturated/α-hetero) is 1. The van der Waals surface area contributed by atoms with E-state index in [4.69, 9.17) is 11.6 Å². The van der Waals surface area contributed by atoms with Crippen LogP contribution in [0.25, 0.3) is 0 Å². The van der Waals surface area contributed by atoms with Gasteiger partial charge >= 0.3 is 0 Å². The van der Waals surface area contributed by atoms with E-state index in [0.29, 0.717) is 5.56 Å². The van der Waals surface area contributed by atoms with E-state index >= 15 is 0 Å². The zero-order valence-corrected chi connectivity index (χ0v) is 9.92. The summed E-state index contributed by atoms with van der Waals surface area (Å²) in [6, 6.07) is 5.31. The Hall–Kier alpha value is -1.81. The van der Waals surface area contributed by atoms with Crippen molar-refractivity contribution in [2.75, 3.05) is 0 Å². The van der Waals surface area contributed by atoms with E-state index in [9.17, 15) is 13.6 Å². The number of hydrogen-bond donors (Lipinski definition) is 0. The number of halogens is 3. The lowest BCUT2D eigenvalue weighted by molar-refractivity contribution is 0.0992. The standard InChI is InChI=1S/C13H8ClF2NO/c14-13-8(2-1-3-11(13)16)5-12(18)9-4-10(15)7-17-6-9/h1-4,6-7H,5H2. The Kier molecular flexibility index (Phi) is 3.67. The largest absolute Gasteiger partial charge is 0.294 e. The minimum Gasteiger partial charge on any atom is -0.294 e. The van der Waals surface area contributed by atoms with Gasteiger partial charge in [-0.05, 0) is 17.7 Å². The van der Waals surface area contributed by atoms with Crippen molar-refractivity contribution in [3.05, 3.63) is 64.4 Å². The van der Waals surface area contributed by atoms with Crippen molar-refractivity contribution < 1.29 is 13.6 Å². The fourth-order valence-corrected chi connectivity index (χ4v) is 1.72. The highest BCUT2D eigenvalue weighted by atomic mass is 35.5. The van der Waals surface area contributed by atoms with Crippen molar-refractivity contribution in [2.45, 2.75) is 6.42 Å². The van der Waals surface area contributed by atoms with E-state index in [1.165, 1.54) is 18.3 Å². The van der Waals surface area contributed by atoms with E-state index in [1.54, 1.807) is 6.07 Å². The predicted molar refractivity (Wildman–Crippen MR) is 63.6 cm³/mol. The Morgan fingerprint density at radius 2 is 2.06 bits per heavy atom. The van der Waals surface area contributed by atoms with E-state index in [0.717, 1.165) is 12.3 Å². The molecule has 92 valence electrons. The molecule has 0 spiro atoms. The lowest BCUT2D eigenvalue weighted by Gasteiger charge is -2.04. The molecule has 5 heteroatoms. The summed E-state index contributed by atoms with van der Waals surface area (Å²) in [5.41, 5.74) is 0.501. The third-order valence-electron chi connectivity index (χ3n) is 2.41. The van der Waals surface area contributed by atoms with Crippen LogP contribution in [-0.2, 0) is 6.42 Å². The number of benzene rings is 1. The van der Waals surface area contributed by atoms with Crippen molar-refractivity contribution >= 4 is 17.4 Å². The molecule has 1 heterocycles. The number of ketones is 1. The molecule has 2 rings (SSSR count). The number of carbonyl (C=O) groups excluding carboxylic acids is 1. The molecule has 2 nitrogen and oxygen atoms in total. The zero-order chi connectivity index (χ0) is 13.1. The molecule has 0 saturated heterocycles. The van der Waals surface area contributed by atoms with Crippen LogP contribution in [0.4, 0.5) is 8.78 Å². The fourth-order valence-electron chi connectivity index (χ4n) is 1.52. The van der Waals surface area contributed by atoms with Crippen LogP contribution in [0.5, 0.6) is 0 Å². The van der Waals surface area contributed by atoms with E-state index in [1.807, 2.05) is 0 Å². The molecule has 0 aliphatic rings. The molecule has 1 aromatic carbocycles. The van der Waals surface area contributed by atoms with Crippen LogP contribution in [0.2, 0.25) is 5.02 Å². The third kappa shape index (κ3) is 2.71. The maximum Gasteiger partial charge on any atom is 0.168 e. The smallest absolute Gasteiger partial charge is 0.168 e. The molecule has 0 aliphatic carbocycles. The average Bonchev–Trinajstić information content (AvgIpc) is 2.35. The number of nitrogens with zero attached hydrogens (tertiary/aromatic N) is 1. The Morgan fingerprint density at radius 1 is 1.28 bits per heavy atom. The van der Waals surface area contributed by atoms with E-state index in [-0.39, 0.29) is 22.8 Å². The summed E-state index contributed by atoms with van der Waals surface area (Å²) >= 11 is 5.74. The summed E-state index contributed by atoms with van der Waals surface area (Å²) in [5.74, 6) is -1.54. The number of rotatable bonds is 3. The van der Waals surface area contributed by atoms with Crippen LogP contribution < -0.4 is 0 Å². The molecule has 0 amide bonds. The summed E-state index contributed by atoms with van der Waals surface area (Å²) in [7, 11) is 0. The highest BCUT2D eigenvalue weighted by Crippen LogP contribution is 2.21. The topological polar surface area (TPSA) is 30.0 Å². The van der Waals surface area contributed by atoms with Crippen molar-refractivity contribution in [1.82, 2.24) is 4.98 Å². The van der Waals surface area contributed by atoms with Gasteiger partial charge < -0.3 is 0 Å². The molecule has 0 saturated carbocycles. The Morgan fingerprint density at radius 3 is 2.78 bits per heavy atom. The van der Waals surface area contributed by atoms with Gasteiger partial charge in [0.05, 0.1) is 11.2 Å². The second kappa shape index (κ2) is 5.23. The number of pyridine rings is 1. The Bertz CT molecular complexity index is 601. The van der Waals surface area contributed by atoms with Crippen LogP contribution in [0.1, 0.15) is 15.9 Å². The average molecular weight is 268 g/mol. The number of hydrogen-bond acceptors (Lipinski definition) is 2. The molecular formula is C13H8ClF2NO. The second-order valence-corrected chi connectivity index (χ2v) is 4.08. The van der Waals surface area contributed by atoms with Gasteiger partial charge in [-0.2, -0.15) is 0 Å². The highest BCUT2D eigenvalue weighted by Gasteiger charge is 2.12. The van der Waals surface area contributed by atoms with Crippen LogP contribution >= 0.6 is 11.6 Å². The summed E-state index contributed by atoms with van der Waals surface area (Å²) in [6.45, 7) is 0. The Balaban J connectivity index is 2.24. The first kappa shape index (κ1) is 12.6. The minimum atomic E-state index is -0.591.